The number of halogens is 3. The van der Waals surface area contributed by atoms with Gasteiger partial charge in [-0.3, -0.25) is 14.9 Å². The lowest BCUT2D eigenvalue weighted by molar-refractivity contribution is -0.368. The molecule has 0 aliphatic carbocycles. The van der Waals surface area contributed by atoms with E-state index < -0.39 is 12.1 Å². The average molecular weight is 370 g/mol. The third-order valence-electron chi connectivity index (χ3n) is 3.27. The van der Waals surface area contributed by atoms with E-state index in [1.165, 1.54) is 11.1 Å². The molecule has 0 aromatic carbocycles. The largest absolute Gasteiger partial charge is 0.542 e. The predicted octanol–water partition coefficient (Wildman–Crippen LogP) is 0.409. The molecule has 26 heavy (non-hydrogen) atoms. The van der Waals surface area contributed by atoms with Gasteiger partial charge in [0.2, 0.25) is 0 Å². The molecular formula is C17H21F3N4O2. The molecule has 9 heteroatoms. The Bertz CT molecular complexity index is 598. The molecule has 0 bridgehead atoms. The minimum atomic E-state index is -5.19. The van der Waals surface area contributed by atoms with Gasteiger partial charge in [-0.05, 0) is 35.4 Å². The number of alkyl halides is 3. The lowest BCUT2D eigenvalue weighted by Gasteiger charge is -2.21. The van der Waals surface area contributed by atoms with Crippen molar-refractivity contribution in [1.29, 1.82) is 0 Å². The molecule has 3 N–H and O–H groups in total. The number of nitrogens with zero attached hydrogens (tertiary/aromatic N) is 3. The van der Waals surface area contributed by atoms with Gasteiger partial charge in [-0.15, -0.1) is 0 Å². The minimum Gasteiger partial charge on any atom is -0.542 e. The Labute approximate surface area is 149 Å². The third-order valence-corrected chi connectivity index (χ3v) is 3.27. The van der Waals surface area contributed by atoms with Crippen LogP contribution >= 0.6 is 0 Å². The van der Waals surface area contributed by atoms with Crippen molar-refractivity contribution in [2.75, 3.05) is 13.1 Å². The first-order chi connectivity index (χ1) is 12.3. The summed E-state index contributed by atoms with van der Waals surface area (Å²) in [5, 5.41) is 8.78. The number of aliphatic carboxylic acids is 1. The van der Waals surface area contributed by atoms with Crippen molar-refractivity contribution < 1.29 is 28.8 Å². The number of carboxylic acid groups (broad SMARTS) is 1. The fourth-order valence-electron chi connectivity index (χ4n) is 2.04. The van der Waals surface area contributed by atoms with Crippen LogP contribution in [-0.4, -0.2) is 40.1 Å². The van der Waals surface area contributed by atoms with Crippen molar-refractivity contribution in [2.45, 2.75) is 25.7 Å². The molecule has 0 unspecified atom stereocenters. The molecular weight excluding hydrogens is 349 g/mol. The van der Waals surface area contributed by atoms with Gasteiger partial charge in [0.1, 0.15) is 5.97 Å². The number of hydrogen-bond acceptors (Lipinski definition) is 5. The summed E-state index contributed by atoms with van der Waals surface area (Å²) in [7, 11) is 0. The maximum absolute atomic E-state index is 10.5. The second-order valence-electron chi connectivity index (χ2n) is 5.41. The van der Waals surface area contributed by atoms with Gasteiger partial charge in [0.15, 0.2) is 0 Å². The molecule has 6 nitrogen and oxygen atoms in total. The van der Waals surface area contributed by atoms with E-state index in [1.54, 1.807) is 0 Å². The number of carboxylic acids is 1. The fourth-order valence-corrected chi connectivity index (χ4v) is 2.04. The van der Waals surface area contributed by atoms with Gasteiger partial charge in [0.25, 0.3) is 0 Å². The maximum atomic E-state index is 10.5. The van der Waals surface area contributed by atoms with Gasteiger partial charge < -0.3 is 15.6 Å². The Hall–Kier alpha value is -2.52. The summed E-state index contributed by atoms with van der Waals surface area (Å²) in [6, 6.07) is 8.29. The standard InChI is InChI=1S/C15H20N4.C2HF3O2/c16-6-1-11-19(12-14-2-7-17-8-3-14)13-15-4-9-18-10-5-15;3-2(4,5)1(6)7/h2-5,7-10H,1,6,11-13,16H2;(H,6,7). The van der Waals surface area contributed by atoms with Gasteiger partial charge in [-0.2, -0.15) is 13.2 Å². The van der Waals surface area contributed by atoms with E-state index in [-0.39, 0.29) is 0 Å². The van der Waals surface area contributed by atoms with Crippen molar-refractivity contribution in [2.24, 2.45) is 0 Å². The first-order valence-electron chi connectivity index (χ1n) is 7.90. The molecule has 0 spiro atoms. The Morgan fingerprint density at radius 1 is 1.00 bits per heavy atom. The number of carbonyl (C=O) groups is 1. The highest BCUT2D eigenvalue weighted by molar-refractivity contribution is 5.70. The monoisotopic (exact) mass is 370 g/mol. The second-order valence-corrected chi connectivity index (χ2v) is 5.41. The summed E-state index contributed by atoms with van der Waals surface area (Å²) in [5.74, 6) is -3.01. The summed E-state index contributed by atoms with van der Waals surface area (Å²) in [6.45, 7) is 3.94. The summed E-state index contributed by atoms with van der Waals surface area (Å²) < 4.78 is 31.5. The zero-order chi connectivity index (χ0) is 19.4. The van der Waals surface area contributed by atoms with E-state index in [0.717, 1.165) is 32.6 Å². The number of quaternary nitrogens is 1. The van der Waals surface area contributed by atoms with Gasteiger partial charge >= 0.3 is 6.18 Å². The second kappa shape index (κ2) is 11.2. The van der Waals surface area contributed by atoms with Crippen molar-refractivity contribution in [3.05, 3.63) is 60.2 Å². The normalized spacial score (nSPS) is 11.0. The molecule has 2 rings (SSSR count). The zero-order valence-corrected chi connectivity index (χ0v) is 14.2. The smallest absolute Gasteiger partial charge is 0.430 e. The van der Waals surface area contributed by atoms with Crippen LogP contribution in [0.3, 0.4) is 0 Å². The Balaban J connectivity index is 0.000000412. The van der Waals surface area contributed by atoms with Crippen LogP contribution in [0, 0.1) is 0 Å². The van der Waals surface area contributed by atoms with Crippen LogP contribution in [0.2, 0.25) is 0 Å². The average Bonchev–Trinajstić information content (AvgIpc) is 2.61. The zero-order valence-electron chi connectivity index (χ0n) is 14.2. The third kappa shape index (κ3) is 9.09. The highest BCUT2D eigenvalue weighted by Crippen LogP contribution is 2.11. The highest BCUT2D eigenvalue weighted by atomic mass is 19.4. The number of carbonyl (C=O) groups excluding carboxylic acids is 1. The molecule has 142 valence electrons. The number of hydrogen-bond donors (Lipinski definition) is 1. The predicted molar refractivity (Wildman–Crippen MR) is 86.0 cm³/mol. The fraction of sp³-hybridized carbons (Fsp3) is 0.353. The number of aromatic nitrogens is 2. The van der Waals surface area contributed by atoms with Gasteiger partial charge in [-0.25, -0.2) is 0 Å². The van der Waals surface area contributed by atoms with Crippen LogP contribution in [0.1, 0.15) is 17.5 Å². The van der Waals surface area contributed by atoms with Crippen LogP contribution in [0.4, 0.5) is 13.2 Å². The van der Waals surface area contributed by atoms with Crippen LogP contribution in [0.15, 0.2) is 49.1 Å². The van der Waals surface area contributed by atoms with Crippen LogP contribution in [-0.2, 0) is 17.9 Å². The van der Waals surface area contributed by atoms with Crippen molar-refractivity contribution in [1.82, 2.24) is 14.9 Å². The van der Waals surface area contributed by atoms with Crippen LogP contribution in [0.25, 0.3) is 0 Å². The van der Waals surface area contributed by atoms with Crippen LogP contribution < -0.4 is 10.8 Å². The molecule has 0 fully saturated rings. The lowest BCUT2D eigenvalue weighted by Crippen LogP contribution is -2.51. The molecule has 0 amide bonds. The summed E-state index contributed by atoms with van der Waals surface area (Å²) in [6.07, 6.45) is 3.32. The number of rotatable bonds is 7. The Morgan fingerprint density at radius 3 is 1.69 bits per heavy atom. The molecule has 2 aromatic heterocycles. The molecule has 2 aromatic rings. The topological polar surface area (TPSA) is 96.8 Å². The molecule has 0 aliphatic heterocycles. The highest BCUT2D eigenvalue weighted by Gasteiger charge is 2.28. The number of pyridine rings is 2. The van der Waals surface area contributed by atoms with E-state index in [2.05, 4.69) is 44.9 Å². The van der Waals surface area contributed by atoms with E-state index in [4.69, 9.17) is 9.90 Å². The molecule has 0 saturated heterocycles. The molecule has 0 radical (unpaired) electrons. The quantitative estimate of drug-likeness (QED) is 0.761. The van der Waals surface area contributed by atoms with E-state index >= 15 is 0 Å². The Morgan fingerprint density at radius 2 is 1.38 bits per heavy atom. The Kier molecular flexibility index (Phi) is 9.24. The van der Waals surface area contributed by atoms with Gasteiger partial charge in [0, 0.05) is 50.8 Å². The first kappa shape index (κ1) is 21.5. The maximum Gasteiger partial charge on any atom is 0.430 e. The van der Waals surface area contributed by atoms with E-state index in [1.807, 2.05) is 24.8 Å². The van der Waals surface area contributed by atoms with Crippen molar-refractivity contribution >= 4 is 5.97 Å². The van der Waals surface area contributed by atoms with Crippen molar-refractivity contribution in [3.63, 3.8) is 0 Å². The SMILES string of the molecule is O=C([O-])C(F)(F)F.[NH3+]CCCN(Cc1ccncc1)Cc1ccncc1. The van der Waals surface area contributed by atoms with E-state index in [9.17, 15) is 13.2 Å². The summed E-state index contributed by atoms with van der Waals surface area (Å²) >= 11 is 0. The molecule has 0 saturated carbocycles. The molecule has 0 aliphatic rings. The summed E-state index contributed by atoms with van der Waals surface area (Å²) in [4.78, 5) is 19.3. The summed E-state index contributed by atoms with van der Waals surface area (Å²) in [5.41, 5.74) is 6.52. The van der Waals surface area contributed by atoms with Crippen molar-refractivity contribution in [3.8, 4) is 0 Å². The minimum absolute atomic E-state index is 0.949. The molecule has 2 heterocycles. The van der Waals surface area contributed by atoms with Gasteiger partial charge in [0.05, 0.1) is 6.54 Å². The molecule has 0 atom stereocenters. The first-order valence-corrected chi connectivity index (χ1v) is 7.90. The van der Waals surface area contributed by atoms with Gasteiger partial charge in [-0.1, -0.05) is 0 Å². The van der Waals surface area contributed by atoms with Crippen LogP contribution in [0.5, 0.6) is 0 Å². The van der Waals surface area contributed by atoms with E-state index in [0.29, 0.717) is 0 Å². The lowest BCUT2D eigenvalue weighted by atomic mass is 10.2.